The molecule has 0 aromatic heterocycles. The van der Waals surface area contributed by atoms with Gasteiger partial charge in [-0.3, -0.25) is 13.9 Å². The summed E-state index contributed by atoms with van der Waals surface area (Å²) >= 11 is 0. The molecule has 0 aliphatic heterocycles. The van der Waals surface area contributed by atoms with Crippen LogP contribution in [0.15, 0.2) is 108 Å². The number of hydrogen-bond donors (Lipinski definition) is 1. The molecule has 1 atom stereocenters. The summed E-state index contributed by atoms with van der Waals surface area (Å²) in [6.45, 7) is 10.3. The van der Waals surface area contributed by atoms with Crippen LogP contribution in [0.4, 0.5) is 5.69 Å². The zero-order valence-electron chi connectivity index (χ0n) is 27.8. The summed E-state index contributed by atoms with van der Waals surface area (Å²) in [4.78, 5) is 30.0. The number of ether oxygens (including phenoxy) is 1. The maximum absolute atomic E-state index is 14.6. The van der Waals surface area contributed by atoms with Crippen LogP contribution >= 0.6 is 0 Å². The molecule has 2 amide bonds. The fourth-order valence-corrected chi connectivity index (χ4v) is 6.64. The third-order valence-corrected chi connectivity index (χ3v) is 9.50. The molecule has 0 heterocycles. The SMILES string of the molecule is CCOc1ccc(S(=O)(=O)N(CC(=O)N(Cc2cccc(C)c2)[C@@H](Cc2ccccc2)C(=O)NCC(C)C)c2ccc(C)cc2)cc1. The molecule has 8 nitrogen and oxygen atoms in total. The first-order chi connectivity index (χ1) is 22.5. The van der Waals surface area contributed by atoms with Crippen molar-refractivity contribution in [1.82, 2.24) is 10.2 Å². The maximum Gasteiger partial charge on any atom is 0.264 e. The zero-order chi connectivity index (χ0) is 34.0. The number of hydrogen-bond acceptors (Lipinski definition) is 5. The summed E-state index contributed by atoms with van der Waals surface area (Å²) in [5.74, 6) is -0.0412. The highest BCUT2D eigenvalue weighted by Gasteiger charge is 2.34. The predicted octanol–water partition coefficient (Wildman–Crippen LogP) is 6.31. The van der Waals surface area contributed by atoms with E-state index >= 15 is 0 Å². The Morgan fingerprint density at radius 3 is 2.09 bits per heavy atom. The number of anilines is 1. The van der Waals surface area contributed by atoms with Crippen molar-refractivity contribution in [2.24, 2.45) is 5.92 Å². The van der Waals surface area contributed by atoms with Crippen LogP contribution in [0.2, 0.25) is 0 Å². The van der Waals surface area contributed by atoms with Crippen molar-refractivity contribution < 1.29 is 22.7 Å². The van der Waals surface area contributed by atoms with Crippen LogP contribution in [0.1, 0.15) is 43.0 Å². The number of nitrogens with zero attached hydrogens (tertiary/aromatic N) is 2. The second kappa shape index (κ2) is 16.3. The number of nitrogens with one attached hydrogen (secondary N) is 1. The average Bonchev–Trinajstić information content (AvgIpc) is 3.05. The summed E-state index contributed by atoms with van der Waals surface area (Å²) < 4.78 is 35.2. The second-order valence-electron chi connectivity index (χ2n) is 12.1. The molecule has 0 aliphatic rings. The topological polar surface area (TPSA) is 96.0 Å². The van der Waals surface area contributed by atoms with E-state index in [2.05, 4.69) is 5.32 Å². The van der Waals surface area contributed by atoms with E-state index in [4.69, 9.17) is 4.74 Å². The van der Waals surface area contributed by atoms with E-state index < -0.39 is 28.5 Å². The van der Waals surface area contributed by atoms with Gasteiger partial charge >= 0.3 is 0 Å². The molecule has 9 heteroatoms. The van der Waals surface area contributed by atoms with Gasteiger partial charge in [0.05, 0.1) is 17.2 Å². The zero-order valence-corrected chi connectivity index (χ0v) is 28.7. The van der Waals surface area contributed by atoms with Gasteiger partial charge in [0, 0.05) is 19.5 Å². The molecule has 4 aromatic rings. The van der Waals surface area contributed by atoms with E-state index in [1.165, 1.54) is 17.0 Å². The molecule has 1 N–H and O–H groups in total. The summed E-state index contributed by atoms with van der Waals surface area (Å²) in [6.07, 6.45) is 0.262. The Morgan fingerprint density at radius 1 is 0.809 bits per heavy atom. The molecule has 0 saturated heterocycles. The van der Waals surface area contributed by atoms with Crippen LogP contribution in [-0.2, 0) is 32.6 Å². The van der Waals surface area contributed by atoms with Gasteiger partial charge < -0.3 is 15.0 Å². The minimum atomic E-state index is -4.20. The summed E-state index contributed by atoms with van der Waals surface area (Å²) in [5.41, 5.74) is 4.03. The number of amides is 2. The van der Waals surface area contributed by atoms with E-state index in [9.17, 15) is 18.0 Å². The smallest absolute Gasteiger partial charge is 0.264 e. The highest BCUT2D eigenvalue weighted by atomic mass is 32.2. The van der Waals surface area contributed by atoms with Crippen LogP contribution < -0.4 is 14.4 Å². The molecular weight excluding hydrogens is 611 g/mol. The van der Waals surface area contributed by atoms with Crippen LogP contribution in [-0.4, -0.2) is 50.9 Å². The number of rotatable bonds is 15. The predicted molar refractivity (Wildman–Crippen MR) is 187 cm³/mol. The highest BCUT2D eigenvalue weighted by molar-refractivity contribution is 7.92. The van der Waals surface area contributed by atoms with Crippen LogP contribution in [0, 0.1) is 19.8 Å². The summed E-state index contributed by atoms with van der Waals surface area (Å²) in [6, 6.07) is 29.6. The molecule has 0 unspecified atom stereocenters. The van der Waals surface area contributed by atoms with Crippen LogP contribution in [0.3, 0.4) is 0 Å². The largest absolute Gasteiger partial charge is 0.494 e. The van der Waals surface area contributed by atoms with Gasteiger partial charge in [-0.05, 0) is 74.2 Å². The van der Waals surface area contributed by atoms with E-state index in [1.54, 1.807) is 24.3 Å². The normalized spacial score (nSPS) is 12.0. The molecule has 0 saturated carbocycles. The molecule has 0 radical (unpaired) electrons. The van der Waals surface area contributed by atoms with Crippen molar-refractivity contribution >= 4 is 27.5 Å². The molecule has 0 fully saturated rings. The molecule has 248 valence electrons. The Hall–Kier alpha value is -4.63. The van der Waals surface area contributed by atoms with E-state index in [-0.39, 0.29) is 29.7 Å². The lowest BCUT2D eigenvalue weighted by Gasteiger charge is -2.34. The van der Waals surface area contributed by atoms with E-state index in [0.717, 1.165) is 26.6 Å². The molecular formula is C38H45N3O5S. The van der Waals surface area contributed by atoms with Gasteiger partial charge in [0.1, 0.15) is 18.3 Å². The van der Waals surface area contributed by atoms with Crippen molar-refractivity contribution in [3.8, 4) is 5.75 Å². The Kier molecular flexibility index (Phi) is 12.2. The molecule has 0 bridgehead atoms. The van der Waals surface area contributed by atoms with Crippen molar-refractivity contribution in [1.29, 1.82) is 0 Å². The average molecular weight is 656 g/mol. The van der Waals surface area contributed by atoms with Gasteiger partial charge in [-0.25, -0.2) is 8.42 Å². The first-order valence-electron chi connectivity index (χ1n) is 16.0. The number of aryl methyl sites for hydroxylation is 2. The first-order valence-corrected chi connectivity index (χ1v) is 17.4. The van der Waals surface area contributed by atoms with Crippen molar-refractivity contribution in [2.75, 3.05) is 24.0 Å². The Morgan fingerprint density at radius 2 is 1.47 bits per heavy atom. The van der Waals surface area contributed by atoms with Crippen molar-refractivity contribution in [3.63, 3.8) is 0 Å². The molecule has 0 aliphatic carbocycles. The lowest BCUT2D eigenvalue weighted by atomic mass is 10.0. The minimum Gasteiger partial charge on any atom is -0.494 e. The molecule has 0 spiro atoms. The Balaban J connectivity index is 1.79. The van der Waals surface area contributed by atoms with Crippen LogP contribution in [0.5, 0.6) is 5.75 Å². The molecule has 4 rings (SSSR count). The molecule has 47 heavy (non-hydrogen) atoms. The van der Waals surface area contributed by atoms with E-state index in [0.29, 0.717) is 24.6 Å². The molecule has 4 aromatic carbocycles. The van der Waals surface area contributed by atoms with Crippen LogP contribution in [0.25, 0.3) is 0 Å². The lowest BCUT2D eigenvalue weighted by Crippen LogP contribution is -2.53. The number of carbonyl (C=O) groups is 2. The van der Waals surface area contributed by atoms with Gasteiger partial charge in [0.25, 0.3) is 10.0 Å². The van der Waals surface area contributed by atoms with Gasteiger partial charge in [-0.1, -0.05) is 91.7 Å². The lowest BCUT2D eigenvalue weighted by molar-refractivity contribution is -0.140. The first kappa shape index (κ1) is 35.2. The standard InChI is InChI=1S/C38H45N3O5S/c1-6-46-34-19-21-35(22-20-34)47(44,45)41(33-17-15-29(4)16-18-33)27-37(42)40(26-32-14-10-11-30(5)23-32)36(38(43)39-25-28(2)3)24-31-12-8-7-9-13-31/h7-23,28,36H,6,24-27H2,1-5H3,(H,39,43)/t36-/m0/s1. The number of sulfonamides is 1. The van der Waals surface area contributed by atoms with E-state index in [1.807, 2.05) is 101 Å². The quantitative estimate of drug-likeness (QED) is 0.162. The van der Waals surface area contributed by atoms with Crippen molar-refractivity contribution in [3.05, 3.63) is 125 Å². The van der Waals surface area contributed by atoms with Gasteiger partial charge in [-0.15, -0.1) is 0 Å². The number of carbonyl (C=O) groups excluding carboxylic acids is 2. The monoisotopic (exact) mass is 655 g/mol. The van der Waals surface area contributed by atoms with Crippen molar-refractivity contribution in [2.45, 2.75) is 58.5 Å². The summed E-state index contributed by atoms with van der Waals surface area (Å²) in [7, 11) is -4.20. The fourth-order valence-electron chi connectivity index (χ4n) is 5.23. The Bertz CT molecular complexity index is 1720. The van der Waals surface area contributed by atoms with Gasteiger partial charge in [-0.2, -0.15) is 0 Å². The van der Waals surface area contributed by atoms with Gasteiger partial charge in [0.15, 0.2) is 0 Å². The third-order valence-electron chi connectivity index (χ3n) is 7.71. The highest BCUT2D eigenvalue weighted by Crippen LogP contribution is 2.27. The third kappa shape index (κ3) is 9.68. The second-order valence-corrected chi connectivity index (χ2v) is 14.0. The number of benzene rings is 4. The minimum absolute atomic E-state index is 0.0232. The summed E-state index contributed by atoms with van der Waals surface area (Å²) in [5, 5.41) is 3.02. The fraction of sp³-hybridized carbons (Fsp3) is 0.316. The maximum atomic E-state index is 14.6. The van der Waals surface area contributed by atoms with Gasteiger partial charge in [0.2, 0.25) is 11.8 Å². The Labute approximate surface area is 279 Å².